The summed E-state index contributed by atoms with van der Waals surface area (Å²) in [6.45, 7) is 1.42. The minimum Gasteiger partial charge on any atom is -0.376 e. The van der Waals surface area contributed by atoms with Gasteiger partial charge in [-0.15, -0.1) is 0 Å². The first-order valence-corrected chi connectivity index (χ1v) is 7.23. The topological polar surface area (TPSA) is 38.3 Å². The summed E-state index contributed by atoms with van der Waals surface area (Å²) in [6.07, 6.45) is 3.42. The molecule has 1 fully saturated rings. The van der Waals surface area contributed by atoms with Crippen molar-refractivity contribution in [2.75, 3.05) is 13.2 Å². The molecule has 3 nitrogen and oxygen atoms in total. The fraction of sp³-hybridized carbons (Fsp3) is 0.500. The summed E-state index contributed by atoms with van der Waals surface area (Å²) in [6, 6.07) is 5.45. The highest BCUT2D eigenvalue weighted by Gasteiger charge is 2.15. The molecule has 0 aliphatic carbocycles. The van der Waals surface area contributed by atoms with Crippen LogP contribution in [0.25, 0.3) is 0 Å². The predicted molar refractivity (Wildman–Crippen MR) is 76.8 cm³/mol. The number of aryl methyl sites for hydroxylation is 1. The van der Waals surface area contributed by atoms with Gasteiger partial charge in [-0.3, -0.25) is 4.79 Å². The van der Waals surface area contributed by atoms with E-state index in [4.69, 9.17) is 27.9 Å². The normalized spacial score (nSPS) is 18.5. The van der Waals surface area contributed by atoms with Crippen molar-refractivity contribution in [2.45, 2.75) is 31.8 Å². The minimum absolute atomic E-state index is 0.0431. The Morgan fingerprint density at radius 3 is 2.89 bits per heavy atom. The van der Waals surface area contributed by atoms with Crippen LogP contribution >= 0.6 is 23.2 Å². The number of amides is 1. The van der Waals surface area contributed by atoms with Gasteiger partial charge in [-0.05, 0) is 37.0 Å². The molecule has 0 saturated carbocycles. The summed E-state index contributed by atoms with van der Waals surface area (Å²) in [4.78, 5) is 11.7. The number of ether oxygens (including phenoxy) is 1. The summed E-state index contributed by atoms with van der Waals surface area (Å²) in [5.41, 5.74) is 1.02. The van der Waals surface area contributed by atoms with Crippen LogP contribution in [0, 0.1) is 0 Å². The number of benzene rings is 1. The second kappa shape index (κ2) is 7.13. The van der Waals surface area contributed by atoms with Crippen molar-refractivity contribution < 1.29 is 9.53 Å². The maximum atomic E-state index is 11.7. The molecule has 1 unspecified atom stereocenters. The van der Waals surface area contributed by atoms with E-state index in [0.717, 1.165) is 25.0 Å². The number of hydrogen-bond acceptors (Lipinski definition) is 2. The van der Waals surface area contributed by atoms with Crippen molar-refractivity contribution in [1.82, 2.24) is 5.32 Å². The largest absolute Gasteiger partial charge is 0.376 e. The van der Waals surface area contributed by atoms with Gasteiger partial charge in [-0.1, -0.05) is 29.3 Å². The molecule has 0 bridgehead atoms. The van der Waals surface area contributed by atoms with Gasteiger partial charge < -0.3 is 10.1 Å². The maximum Gasteiger partial charge on any atom is 0.220 e. The molecule has 1 aromatic rings. The van der Waals surface area contributed by atoms with Crippen molar-refractivity contribution in [1.29, 1.82) is 0 Å². The third-order valence-electron chi connectivity index (χ3n) is 3.18. The zero-order valence-electron chi connectivity index (χ0n) is 10.6. The highest BCUT2D eigenvalue weighted by Crippen LogP contribution is 2.23. The highest BCUT2D eigenvalue weighted by molar-refractivity contribution is 6.42. The molecule has 0 spiro atoms. The number of hydrogen-bond donors (Lipinski definition) is 1. The van der Waals surface area contributed by atoms with Gasteiger partial charge in [0, 0.05) is 19.6 Å². The quantitative estimate of drug-likeness (QED) is 0.907. The molecule has 1 heterocycles. The standard InChI is InChI=1S/C14H17Cl2NO2/c15-12-5-3-10(8-13(12)16)4-6-14(18)17-9-11-2-1-7-19-11/h3,5,8,11H,1-2,4,6-7,9H2,(H,17,18). The molecule has 19 heavy (non-hydrogen) atoms. The van der Waals surface area contributed by atoms with E-state index in [2.05, 4.69) is 5.32 Å². The van der Waals surface area contributed by atoms with Crippen LogP contribution in [0.3, 0.4) is 0 Å². The van der Waals surface area contributed by atoms with Crippen molar-refractivity contribution in [3.63, 3.8) is 0 Å². The van der Waals surface area contributed by atoms with Gasteiger partial charge in [0.1, 0.15) is 0 Å². The highest BCUT2D eigenvalue weighted by atomic mass is 35.5. The number of nitrogens with one attached hydrogen (secondary N) is 1. The maximum absolute atomic E-state index is 11.7. The van der Waals surface area contributed by atoms with Crippen LogP contribution in [-0.4, -0.2) is 25.2 Å². The van der Waals surface area contributed by atoms with Crippen molar-refractivity contribution in [2.24, 2.45) is 0 Å². The lowest BCUT2D eigenvalue weighted by Crippen LogP contribution is -2.31. The number of carbonyl (C=O) groups is 1. The first-order chi connectivity index (χ1) is 9.15. The predicted octanol–water partition coefficient (Wildman–Crippen LogP) is 3.22. The summed E-state index contributed by atoms with van der Waals surface area (Å²) in [7, 11) is 0. The van der Waals surface area contributed by atoms with E-state index in [0.29, 0.717) is 29.4 Å². The number of halogens is 2. The lowest BCUT2D eigenvalue weighted by molar-refractivity contribution is -0.121. The molecule has 1 saturated heterocycles. The first-order valence-electron chi connectivity index (χ1n) is 6.47. The fourth-order valence-corrected chi connectivity index (χ4v) is 2.40. The molecule has 5 heteroatoms. The third-order valence-corrected chi connectivity index (χ3v) is 3.91. The fourth-order valence-electron chi connectivity index (χ4n) is 2.07. The third kappa shape index (κ3) is 4.68. The zero-order chi connectivity index (χ0) is 13.7. The molecular formula is C14H17Cl2NO2. The summed E-state index contributed by atoms with van der Waals surface area (Å²) in [5, 5.41) is 3.96. The molecule has 1 N–H and O–H groups in total. The molecule has 1 amide bonds. The Kier molecular flexibility index (Phi) is 5.49. The smallest absolute Gasteiger partial charge is 0.220 e. The van der Waals surface area contributed by atoms with Gasteiger partial charge >= 0.3 is 0 Å². The molecule has 1 aromatic carbocycles. The van der Waals surface area contributed by atoms with Gasteiger partial charge in [0.2, 0.25) is 5.91 Å². The van der Waals surface area contributed by atoms with Crippen molar-refractivity contribution in [3.8, 4) is 0 Å². The minimum atomic E-state index is 0.0431. The van der Waals surface area contributed by atoms with E-state index in [-0.39, 0.29) is 12.0 Å². The van der Waals surface area contributed by atoms with Gasteiger partial charge in [0.25, 0.3) is 0 Å². The summed E-state index contributed by atoms with van der Waals surface area (Å²) >= 11 is 11.8. The molecule has 2 rings (SSSR count). The molecule has 0 radical (unpaired) electrons. The van der Waals surface area contributed by atoms with E-state index >= 15 is 0 Å². The average molecular weight is 302 g/mol. The number of carbonyl (C=O) groups excluding carboxylic acids is 1. The second-order valence-corrected chi connectivity index (χ2v) is 5.50. The molecule has 0 aromatic heterocycles. The zero-order valence-corrected chi connectivity index (χ0v) is 12.1. The second-order valence-electron chi connectivity index (χ2n) is 4.69. The van der Waals surface area contributed by atoms with Crippen molar-refractivity contribution >= 4 is 29.1 Å². The lowest BCUT2D eigenvalue weighted by atomic mass is 10.1. The average Bonchev–Trinajstić information content (AvgIpc) is 2.91. The molecule has 1 atom stereocenters. The van der Waals surface area contributed by atoms with Gasteiger partial charge in [0.05, 0.1) is 16.1 Å². The Balaban J connectivity index is 1.71. The van der Waals surface area contributed by atoms with Gasteiger partial charge in [0.15, 0.2) is 0 Å². The number of rotatable bonds is 5. The first kappa shape index (κ1) is 14.6. The Bertz CT molecular complexity index is 445. The van der Waals surface area contributed by atoms with Crippen LogP contribution in [0.5, 0.6) is 0 Å². The van der Waals surface area contributed by atoms with E-state index in [9.17, 15) is 4.79 Å². The lowest BCUT2D eigenvalue weighted by Gasteiger charge is -2.10. The Hall–Kier alpha value is -0.770. The van der Waals surface area contributed by atoms with Crippen LogP contribution in [0.1, 0.15) is 24.8 Å². The van der Waals surface area contributed by atoms with E-state index < -0.39 is 0 Å². The Morgan fingerprint density at radius 2 is 2.21 bits per heavy atom. The SMILES string of the molecule is O=C(CCc1ccc(Cl)c(Cl)c1)NCC1CCCO1. The van der Waals surface area contributed by atoms with Crippen LogP contribution in [-0.2, 0) is 16.0 Å². The summed E-state index contributed by atoms with van der Waals surface area (Å²) in [5.74, 6) is 0.0431. The Morgan fingerprint density at radius 1 is 1.37 bits per heavy atom. The van der Waals surface area contributed by atoms with Crippen LogP contribution in [0.4, 0.5) is 0 Å². The molecule has 1 aliphatic rings. The van der Waals surface area contributed by atoms with E-state index in [1.54, 1.807) is 12.1 Å². The van der Waals surface area contributed by atoms with E-state index in [1.165, 1.54) is 0 Å². The molecule has 104 valence electrons. The molecule has 1 aliphatic heterocycles. The Labute approximate surface area is 123 Å². The van der Waals surface area contributed by atoms with Crippen LogP contribution in [0.2, 0.25) is 10.0 Å². The van der Waals surface area contributed by atoms with Crippen LogP contribution in [0.15, 0.2) is 18.2 Å². The van der Waals surface area contributed by atoms with E-state index in [1.807, 2.05) is 6.07 Å². The van der Waals surface area contributed by atoms with Gasteiger partial charge in [-0.25, -0.2) is 0 Å². The van der Waals surface area contributed by atoms with Gasteiger partial charge in [-0.2, -0.15) is 0 Å². The molecular weight excluding hydrogens is 285 g/mol. The van der Waals surface area contributed by atoms with Crippen LogP contribution < -0.4 is 5.32 Å². The van der Waals surface area contributed by atoms with Crippen molar-refractivity contribution in [3.05, 3.63) is 33.8 Å². The summed E-state index contributed by atoms with van der Waals surface area (Å²) < 4.78 is 5.45. The monoisotopic (exact) mass is 301 g/mol.